The molecule has 0 aliphatic rings. The van der Waals surface area contributed by atoms with E-state index >= 15 is 0 Å². The van der Waals surface area contributed by atoms with E-state index in [1.165, 1.54) is 6.92 Å². The lowest BCUT2D eigenvalue weighted by Crippen LogP contribution is -2.06. The molecule has 0 saturated heterocycles. The Morgan fingerprint density at radius 1 is 1.00 bits per heavy atom. The van der Waals surface area contributed by atoms with Crippen LogP contribution in [0, 0.1) is 6.92 Å². The number of rotatable bonds is 3. The van der Waals surface area contributed by atoms with Gasteiger partial charge in [-0.25, -0.2) is 0 Å². The predicted molar refractivity (Wildman–Crippen MR) is 83.1 cm³/mol. The predicted octanol–water partition coefficient (Wildman–Crippen LogP) is 3.95. The molecule has 0 aliphatic heterocycles. The van der Waals surface area contributed by atoms with Crippen molar-refractivity contribution >= 4 is 33.3 Å². The zero-order valence-corrected chi connectivity index (χ0v) is 12.8. The Morgan fingerprint density at radius 3 is 2.20 bits per heavy atom. The Hall–Kier alpha value is -1.94. The molecule has 4 heteroatoms. The summed E-state index contributed by atoms with van der Waals surface area (Å²) in [5.41, 5.74) is 2.94. The monoisotopic (exact) mass is 331 g/mol. The molecule has 2 aromatic carbocycles. The number of halogens is 1. The van der Waals surface area contributed by atoms with Crippen LogP contribution in [0.25, 0.3) is 0 Å². The van der Waals surface area contributed by atoms with Gasteiger partial charge in [0.25, 0.3) is 0 Å². The van der Waals surface area contributed by atoms with E-state index < -0.39 is 0 Å². The third-order valence-electron chi connectivity index (χ3n) is 2.77. The minimum Gasteiger partial charge on any atom is -0.326 e. The fraction of sp³-hybridized carbons (Fsp3) is 0.125. The van der Waals surface area contributed by atoms with Crippen LogP contribution in [0.3, 0.4) is 0 Å². The first-order chi connectivity index (χ1) is 9.45. The van der Waals surface area contributed by atoms with Crippen molar-refractivity contribution in [1.82, 2.24) is 0 Å². The molecule has 0 heterocycles. The zero-order valence-electron chi connectivity index (χ0n) is 11.2. The molecule has 20 heavy (non-hydrogen) atoms. The number of carbonyl (C=O) groups is 2. The molecule has 0 bridgehead atoms. The third-order valence-corrected chi connectivity index (χ3v) is 3.23. The average molecular weight is 332 g/mol. The Bertz CT molecular complexity index is 642. The second-order valence-electron chi connectivity index (χ2n) is 4.60. The summed E-state index contributed by atoms with van der Waals surface area (Å²) in [4.78, 5) is 23.3. The number of anilines is 1. The van der Waals surface area contributed by atoms with Gasteiger partial charge in [0.15, 0.2) is 5.78 Å². The SMILES string of the molecule is CC(=O)Nc1ccc(C(=O)c2cc(C)cc(Br)c2)cc1. The summed E-state index contributed by atoms with van der Waals surface area (Å²) >= 11 is 3.39. The highest BCUT2D eigenvalue weighted by Gasteiger charge is 2.10. The average Bonchev–Trinajstić information content (AvgIpc) is 2.37. The van der Waals surface area contributed by atoms with Crippen LogP contribution in [-0.2, 0) is 4.79 Å². The molecule has 1 amide bonds. The van der Waals surface area contributed by atoms with Crippen molar-refractivity contribution in [1.29, 1.82) is 0 Å². The van der Waals surface area contributed by atoms with Gasteiger partial charge in [0.2, 0.25) is 5.91 Å². The lowest BCUT2D eigenvalue weighted by Gasteiger charge is -2.06. The van der Waals surface area contributed by atoms with Gasteiger partial charge in [0.1, 0.15) is 0 Å². The summed E-state index contributed by atoms with van der Waals surface area (Å²) in [6, 6.07) is 12.5. The van der Waals surface area contributed by atoms with E-state index in [1.807, 2.05) is 19.1 Å². The van der Waals surface area contributed by atoms with Gasteiger partial charge in [-0.15, -0.1) is 0 Å². The Balaban J connectivity index is 2.26. The first-order valence-electron chi connectivity index (χ1n) is 6.15. The van der Waals surface area contributed by atoms with Crippen LogP contribution < -0.4 is 5.32 Å². The van der Waals surface area contributed by atoms with Crippen LogP contribution in [-0.4, -0.2) is 11.7 Å². The van der Waals surface area contributed by atoms with Gasteiger partial charge in [-0.3, -0.25) is 9.59 Å². The molecule has 2 aromatic rings. The highest BCUT2D eigenvalue weighted by Crippen LogP contribution is 2.19. The smallest absolute Gasteiger partial charge is 0.221 e. The second-order valence-corrected chi connectivity index (χ2v) is 5.52. The Morgan fingerprint density at radius 2 is 1.65 bits per heavy atom. The number of ketones is 1. The molecule has 1 N–H and O–H groups in total. The Kier molecular flexibility index (Phi) is 4.35. The van der Waals surface area contributed by atoms with Gasteiger partial charge in [-0.2, -0.15) is 0 Å². The number of nitrogens with one attached hydrogen (secondary N) is 1. The molecule has 3 nitrogen and oxygen atoms in total. The summed E-state index contributed by atoms with van der Waals surface area (Å²) in [6.45, 7) is 3.39. The lowest BCUT2D eigenvalue weighted by atomic mass is 10.0. The first kappa shape index (κ1) is 14.5. The van der Waals surface area contributed by atoms with Crippen LogP contribution in [0.2, 0.25) is 0 Å². The molecule has 2 rings (SSSR count). The third kappa shape index (κ3) is 3.54. The van der Waals surface area contributed by atoms with Crippen LogP contribution in [0.1, 0.15) is 28.4 Å². The van der Waals surface area contributed by atoms with E-state index in [1.54, 1.807) is 30.3 Å². The van der Waals surface area contributed by atoms with Crippen molar-refractivity contribution in [2.45, 2.75) is 13.8 Å². The second kappa shape index (κ2) is 6.01. The van der Waals surface area contributed by atoms with Crippen molar-refractivity contribution in [3.8, 4) is 0 Å². The molecule has 0 aromatic heterocycles. The van der Waals surface area contributed by atoms with Crippen LogP contribution >= 0.6 is 15.9 Å². The van der Waals surface area contributed by atoms with Gasteiger partial charge in [-0.1, -0.05) is 15.9 Å². The largest absolute Gasteiger partial charge is 0.326 e. The minimum atomic E-state index is -0.133. The van der Waals surface area contributed by atoms with Gasteiger partial charge in [-0.05, 0) is 55.0 Å². The molecule has 0 saturated carbocycles. The number of aryl methyl sites for hydroxylation is 1. The van der Waals surface area contributed by atoms with E-state index in [9.17, 15) is 9.59 Å². The highest BCUT2D eigenvalue weighted by molar-refractivity contribution is 9.10. The normalized spacial score (nSPS) is 10.2. The molecule has 0 atom stereocenters. The molecule has 102 valence electrons. The van der Waals surface area contributed by atoms with E-state index in [0.717, 1.165) is 10.0 Å². The fourth-order valence-corrected chi connectivity index (χ4v) is 2.55. The van der Waals surface area contributed by atoms with Gasteiger partial charge in [0.05, 0.1) is 0 Å². The van der Waals surface area contributed by atoms with Crippen LogP contribution in [0.4, 0.5) is 5.69 Å². The summed E-state index contributed by atoms with van der Waals surface area (Å²) in [5.74, 6) is -0.171. The maximum atomic E-state index is 12.4. The minimum absolute atomic E-state index is 0.0382. The van der Waals surface area contributed by atoms with Gasteiger partial charge < -0.3 is 5.32 Å². The molecule has 0 aliphatic carbocycles. The molecule has 0 radical (unpaired) electrons. The molecule has 0 fully saturated rings. The van der Waals surface area contributed by atoms with Crippen molar-refractivity contribution < 1.29 is 9.59 Å². The maximum absolute atomic E-state index is 12.4. The number of benzene rings is 2. The standard InChI is InChI=1S/C16H14BrNO2/c1-10-7-13(9-14(17)8-10)16(20)12-3-5-15(6-4-12)18-11(2)19/h3-9H,1-2H3,(H,18,19). The number of hydrogen-bond acceptors (Lipinski definition) is 2. The highest BCUT2D eigenvalue weighted by atomic mass is 79.9. The van der Waals surface area contributed by atoms with Gasteiger partial charge in [0, 0.05) is 28.2 Å². The topological polar surface area (TPSA) is 46.2 Å². The Labute approximate surface area is 126 Å². The molecule has 0 unspecified atom stereocenters. The van der Waals surface area contributed by atoms with Crippen LogP contribution in [0.15, 0.2) is 46.9 Å². The van der Waals surface area contributed by atoms with E-state index in [0.29, 0.717) is 16.8 Å². The van der Waals surface area contributed by atoms with E-state index in [-0.39, 0.29) is 11.7 Å². The summed E-state index contributed by atoms with van der Waals surface area (Å²) < 4.78 is 0.885. The van der Waals surface area contributed by atoms with E-state index in [2.05, 4.69) is 21.2 Å². The summed E-state index contributed by atoms with van der Waals surface area (Å²) in [7, 11) is 0. The van der Waals surface area contributed by atoms with Crippen molar-refractivity contribution in [3.05, 3.63) is 63.6 Å². The summed E-state index contributed by atoms with van der Waals surface area (Å²) in [6.07, 6.45) is 0. The number of hydrogen-bond donors (Lipinski definition) is 1. The quantitative estimate of drug-likeness (QED) is 0.865. The number of amides is 1. The molecular weight excluding hydrogens is 318 g/mol. The molecular formula is C16H14BrNO2. The van der Waals surface area contributed by atoms with Crippen molar-refractivity contribution in [2.75, 3.05) is 5.32 Å². The van der Waals surface area contributed by atoms with Crippen molar-refractivity contribution in [2.24, 2.45) is 0 Å². The maximum Gasteiger partial charge on any atom is 0.221 e. The lowest BCUT2D eigenvalue weighted by molar-refractivity contribution is -0.114. The number of carbonyl (C=O) groups excluding carboxylic acids is 2. The fourth-order valence-electron chi connectivity index (χ4n) is 1.94. The van der Waals surface area contributed by atoms with E-state index in [4.69, 9.17) is 0 Å². The van der Waals surface area contributed by atoms with Crippen molar-refractivity contribution in [3.63, 3.8) is 0 Å². The van der Waals surface area contributed by atoms with Gasteiger partial charge >= 0.3 is 0 Å². The first-order valence-corrected chi connectivity index (χ1v) is 6.94. The van der Waals surface area contributed by atoms with Crippen LogP contribution in [0.5, 0.6) is 0 Å². The molecule has 0 spiro atoms. The summed E-state index contributed by atoms with van der Waals surface area (Å²) in [5, 5.41) is 2.67. The zero-order chi connectivity index (χ0) is 14.7.